The van der Waals surface area contributed by atoms with Crippen molar-refractivity contribution in [1.29, 1.82) is 0 Å². The van der Waals surface area contributed by atoms with E-state index in [0.717, 1.165) is 18.4 Å². The Morgan fingerprint density at radius 3 is 2.62 bits per heavy atom. The van der Waals surface area contributed by atoms with E-state index in [0.29, 0.717) is 12.0 Å². The van der Waals surface area contributed by atoms with Gasteiger partial charge < -0.3 is 5.32 Å². The van der Waals surface area contributed by atoms with Crippen LogP contribution >= 0.6 is 11.6 Å². The Morgan fingerprint density at radius 2 is 2.06 bits per heavy atom. The standard InChI is InChI=1S/C13H19ClFN/c1-9(6-10(2)16-3)7-11-4-5-12(14)13(15)8-11/h4-5,8-10,16H,6-7H2,1-3H3. The summed E-state index contributed by atoms with van der Waals surface area (Å²) in [5.41, 5.74) is 1.01. The van der Waals surface area contributed by atoms with Gasteiger partial charge in [-0.25, -0.2) is 4.39 Å². The summed E-state index contributed by atoms with van der Waals surface area (Å²) in [4.78, 5) is 0. The van der Waals surface area contributed by atoms with Crippen LogP contribution in [0.25, 0.3) is 0 Å². The van der Waals surface area contributed by atoms with Gasteiger partial charge in [-0.3, -0.25) is 0 Å². The minimum absolute atomic E-state index is 0.194. The molecular formula is C13H19ClFN. The molecule has 0 saturated carbocycles. The molecule has 0 bridgehead atoms. The first-order valence-electron chi connectivity index (χ1n) is 5.64. The average molecular weight is 244 g/mol. The van der Waals surface area contributed by atoms with Crippen molar-refractivity contribution in [3.63, 3.8) is 0 Å². The topological polar surface area (TPSA) is 12.0 Å². The molecule has 0 aromatic heterocycles. The molecule has 1 rings (SSSR count). The van der Waals surface area contributed by atoms with Gasteiger partial charge in [0.2, 0.25) is 0 Å². The molecule has 2 unspecified atom stereocenters. The molecule has 0 radical (unpaired) electrons. The van der Waals surface area contributed by atoms with Crippen LogP contribution in [0.2, 0.25) is 5.02 Å². The summed E-state index contributed by atoms with van der Waals surface area (Å²) < 4.78 is 13.2. The molecule has 0 heterocycles. The van der Waals surface area contributed by atoms with Gasteiger partial charge in [0.1, 0.15) is 5.82 Å². The zero-order valence-electron chi connectivity index (χ0n) is 10.1. The molecule has 1 aromatic rings. The Labute approximate surface area is 102 Å². The van der Waals surface area contributed by atoms with Crippen LogP contribution < -0.4 is 5.32 Å². The second-order valence-corrected chi connectivity index (χ2v) is 4.89. The quantitative estimate of drug-likeness (QED) is 0.832. The number of hydrogen-bond donors (Lipinski definition) is 1. The first kappa shape index (κ1) is 13.5. The largest absolute Gasteiger partial charge is 0.317 e. The second kappa shape index (κ2) is 6.21. The van der Waals surface area contributed by atoms with E-state index in [1.807, 2.05) is 13.1 Å². The molecule has 90 valence electrons. The van der Waals surface area contributed by atoms with Gasteiger partial charge in [0.15, 0.2) is 0 Å². The van der Waals surface area contributed by atoms with E-state index >= 15 is 0 Å². The lowest BCUT2D eigenvalue weighted by molar-refractivity contribution is 0.439. The fraction of sp³-hybridized carbons (Fsp3) is 0.538. The fourth-order valence-corrected chi connectivity index (χ4v) is 1.99. The lowest BCUT2D eigenvalue weighted by atomic mass is 9.95. The first-order chi connectivity index (χ1) is 7.52. The monoisotopic (exact) mass is 243 g/mol. The number of nitrogens with one attached hydrogen (secondary N) is 1. The van der Waals surface area contributed by atoms with E-state index in [-0.39, 0.29) is 10.8 Å². The van der Waals surface area contributed by atoms with E-state index in [9.17, 15) is 4.39 Å². The maximum absolute atomic E-state index is 13.2. The lowest BCUT2D eigenvalue weighted by Gasteiger charge is -2.16. The molecule has 0 aliphatic carbocycles. The van der Waals surface area contributed by atoms with E-state index in [2.05, 4.69) is 19.2 Å². The molecule has 0 fully saturated rings. The number of benzene rings is 1. The predicted octanol–water partition coefficient (Wildman–Crippen LogP) is 3.66. The molecule has 0 aliphatic heterocycles. The first-order valence-corrected chi connectivity index (χ1v) is 6.02. The molecule has 0 amide bonds. The van der Waals surface area contributed by atoms with Crippen molar-refractivity contribution in [3.8, 4) is 0 Å². The minimum Gasteiger partial charge on any atom is -0.317 e. The van der Waals surface area contributed by atoms with Crippen molar-refractivity contribution in [2.75, 3.05) is 7.05 Å². The molecule has 0 aliphatic rings. The lowest BCUT2D eigenvalue weighted by Crippen LogP contribution is -2.24. The van der Waals surface area contributed by atoms with E-state index in [1.54, 1.807) is 6.07 Å². The fourth-order valence-electron chi connectivity index (χ4n) is 1.87. The zero-order chi connectivity index (χ0) is 12.1. The van der Waals surface area contributed by atoms with Crippen LogP contribution in [0.1, 0.15) is 25.8 Å². The van der Waals surface area contributed by atoms with E-state index in [4.69, 9.17) is 11.6 Å². The average Bonchev–Trinajstić information content (AvgIpc) is 2.23. The highest BCUT2D eigenvalue weighted by Crippen LogP contribution is 2.19. The van der Waals surface area contributed by atoms with Gasteiger partial charge in [-0.05, 0) is 50.4 Å². The normalized spacial score (nSPS) is 14.8. The van der Waals surface area contributed by atoms with Gasteiger partial charge in [-0.1, -0.05) is 24.6 Å². The summed E-state index contributed by atoms with van der Waals surface area (Å²) in [6.07, 6.45) is 1.97. The molecule has 1 nitrogen and oxygen atoms in total. The predicted molar refractivity (Wildman–Crippen MR) is 67.4 cm³/mol. The summed E-state index contributed by atoms with van der Waals surface area (Å²) in [6.45, 7) is 4.33. The Hall–Kier alpha value is -0.600. The Kier molecular flexibility index (Phi) is 5.23. The highest BCUT2D eigenvalue weighted by atomic mass is 35.5. The maximum atomic E-state index is 13.2. The molecule has 16 heavy (non-hydrogen) atoms. The third-order valence-electron chi connectivity index (χ3n) is 2.82. The van der Waals surface area contributed by atoms with Crippen molar-refractivity contribution >= 4 is 11.6 Å². The van der Waals surface area contributed by atoms with Crippen molar-refractivity contribution in [2.45, 2.75) is 32.7 Å². The summed E-state index contributed by atoms with van der Waals surface area (Å²) in [6, 6.07) is 5.54. The van der Waals surface area contributed by atoms with Crippen LogP contribution in [-0.2, 0) is 6.42 Å². The van der Waals surface area contributed by atoms with Crippen LogP contribution in [0, 0.1) is 11.7 Å². The Bertz CT molecular complexity index is 341. The maximum Gasteiger partial charge on any atom is 0.142 e. The summed E-state index contributed by atoms with van der Waals surface area (Å²) in [5, 5.41) is 3.40. The molecular weight excluding hydrogens is 225 g/mol. The van der Waals surface area contributed by atoms with Gasteiger partial charge in [0, 0.05) is 6.04 Å². The van der Waals surface area contributed by atoms with Crippen molar-refractivity contribution in [1.82, 2.24) is 5.32 Å². The summed E-state index contributed by atoms with van der Waals surface area (Å²) in [5.74, 6) is 0.205. The molecule has 0 saturated heterocycles. The van der Waals surface area contributed by atoms with Crippen molar-refractivity contribution < 1.29 is 4.39 Å². The van der Waals surface area contributed by atoms with Crippen LogP contribution in [-0.4, -0.2) is 13.1 Å². The highest BCUT2D eigenvalue weighted by molar-refractivity contribution is 6.30. The third kappa shape index (κ3) is 4.11. The molecule has 2 atom stereocenters. The molecule has 3 heteroatoms. The smallest absolute Gasteiger partial charge is 0.142 e. The number of hydrogen-bond acceptors (Lipinski definition) is 1. The van der Waals surface area contributed by atoms with Gasteiger partial charge in [-0.15, -0.1) is 0 Å². The summed E-state index contributed by atoms with van der Waals surface area (Å²) >= 11 is 5.64. The van der Waals surface area contributed by atoms with Crippen LogP contribution in [0.15, 0.2) is 18.2 Å². The van der Waals surface area contributed by atoms with Crippen molar-refractivity contribution in [2.24, 2.45) is 5.92 Å². The number of halogens is 2. The van der Waals surface area contributed by atoms with Crippen LogP contribution in [0.5, 0.6) is 0 Å². The minimum atomic E-state index is -0.326. The van der Waals surface area contributed by atoms with E-state index in [1.165, 1.54) is 6.07 Å². The Morgan fingerprint density at radius 1 is 1.38 bits per heavy atom. The molecule has 0 spiro atoms. The number of rotatable bonds is 5. The second-order valence-electron chi connectivity index (χ2n) is 4.48. The van der Waals surface area contributed by atoms with Gasteiger partial charge >= 0.3 is 0 Å². The van der Waals surface area contributed by atoms with E-state index < -0.39 is 0 Å². The zero-order valence-corrected chi connectivity index (χ0v) is 10.8. The third-order valence-corrected chi connectivity index (χ3v) is 3.12. The SMILES string of the molecule is CNC(C)CC(C)Cc1ccc(Cl)c(F)c1. The van der Waals surface area contributed by atoms with Gasteiger partial charge in [0.05, 0.1) is 5.02 Å². The highest BCUT2D eigenvalue weighted by Gasteiger charge is 2.09. The van der Waals surface area contributed by atoms with Crippen molar-refractivity contribution in [3.05, 3.63) is 34.6 Å². The van der Waals surface area contributed by atoms with Crippen LogP contribution in [0.4, 0.5) is 4.39 Å². The molecule has 1 N–H and O–H groups in total. The Balaban J connectivity index is 2.56. The van der Waals surface area contributed by atoms with Gasteiger partial charge in [0.25, 0.3) is 0 Å². The molecule has 1 aromatic carbocycles. The van der Waals surface area contributed by atoms with Gasteiger partial charge in [-0.2, -0.15) is 0 Å². The van der Waals surface area contributed by atoms with Crippen LogP contribution in [0.3, 0.4) is 0 Å². The summed E-state index contributed by atoms with van der Waals surface area (Å²) in [7, 11) is 1.96.